The lowest BCUT2D eigenvalue weighted by Crippen LogP contribution is -3.15. The molecule has 22 heavy (non-hydrogen) atoms. The van der Waals surface area contributed by atoms with Crippen LogP contribution in [0.3, 0.4) is 0 Å². The van der Waals surface area contributed by atoms with E-state index in [1.54, 1.807) is 0 Å². The summed E-state index contributed by atoms with van der Waals surface area (Å²) in [6.07, 6.45) is 1.79. The molecule has 1 heterocycles. The van der Waals surface area contributed by atoms with Gasteiger partial charge in [-0.1, -0.05) is 28.1 Å². The largest absolute Gasteiger partial charge is 0.369 e. The van der Waals surface area contributed by atoms with Crippen molar-refractivity contribution in [2.45, 2.75) is 25.8 Å². The monoisotopic (exact) mass is 368 g/mol. The van der Waals surface area contributed by atoms with E-state index in [1.165, 1.54) is 0 Å². The third kappa shape index (κ3) is 4.81. The summed E-state index contributed by atoms with van der Waals surface area (Å²) in [5.41, 5.74) is 6.44. The SMILES string of the molecule is C[C@H](NC(=O)C[NH+]1CCC[C@H](C(N)=O)C1)c1ccc(Br)cc1. The number of hydrogen-bond acceptors (Lipinski definition) is 2. The fourth-order valence-electron chi connectivity index (χ4n) is 2.91. The molecule has 0 spiro atoms. The molecule has 1 aliphatic rings. The summed E-state index contributed by atoms with van der Waals surface area (Å²) in [6, 6.07) is 7.88. The quantitative estimate of drug-likeness (QED) is 0.703. The van der Waals surface area contributed by atoms with Crippen molar-refractivity contribution in [3.05, 3.63) is 34.3 Å². The van der Waals surface area contributed by atoms with Crippen LogP contribution in [0.4, 0.5) is 0 Å². The van der Waals surface area contributed by atoms with Crippen molar-refractivity contribution >= 4 is 27.7 Å². The van der Waals surface area contributed by atoms with Crippen LogP contribution in [0, 0.1) is 5.92 Å². The number of carbonyl (C=O) groups excluding carboxylic acids is 2. The fourth-order valence-corrected chi connectivity index (χ4v) is 3.17. The van der Waals surface area contributed by atoms with E-state index in [-0.39, 0.29) is 23.8 Å². The number of nitrogens with two attached hydrogens (primary N) is 1. The molecule has 3 atom stereocenters. The number of halogens is 1. The molecular weight excluding hydrogens is 346 g/mol. The maximum atomic E-state index is 12.2. The standard InChI is InChI=1S/C16H22BrN3O2/c1-11(12-4-6-14(17)7-5-12)19-15(21)10-20-8-2-3-13(9-20)16(18)22/h4-7,11,13H,2-3,8-10H2,1H3,(H2,18,22)(H,19,21)/p+1/t11-,13-/m0/s1. The molecule has 1 aromatic carbocycles. The van der Waals surface area contributed by atoms with E-state index in [2.05, 4.69) is 21.2 Å². The first-order chi connectivity index (χ1) is 10.5. The molecule has 0 aliphatic carbocycles. The van der Waals surface area contributed by atoms with Crippen molar-refractivity contribution in [3.63, 3.8) is 0 Å². The van der Waals surface area contributed by atoms with E-state index in [0.29, 0.717) is 13.1 Å². The molecule has 6 heteroatoms. The Morgan fingerprint density at radius 3 is 2.73 bits per heavy atom. The Morgan fingerprint density at radius 2 is 2.09 bits per heavy atom. The van der Waals surface area contributed by atoms with E-state index in [9.17, 15) is 9.59 Å². The summed E-state index contributed by atoms with van der Waals surface area (Å²) in [4.78, 5) is 24.6. The van der Waals surface area contributed by atoms with E-state index in [0.717, 1.165) is 34.3 Å². The topological polar surface area (TPSA) is 76.6 Å². The van der Waals surface area contributed by atoms with Crippen molar-refractivity contribution in [1.29, 1.82) is 0 Å². The highest BCUT2D eigenvalue weighted by Crippen LogP contribution is 2.16. The van der Waals surface area contributed by atoms with Crippen LogP contribution >= 0.6 is 15.9 Å². The summed E-state index contributed by atoms with van der Waals surface area (Å²) < 4.78 is 1.02. The number of rotatable bonds is 5. The Kier molecular flexibility index (Phi) is 5.97. The minimum Gasteiger partial charge on any atom is -0.369 e. The van der Waals surface area contributed by atoms with Gasteiger partial charge in [0.15, 0.2) is 6.54 Å². The predicted octanol–water partition coefficient (Wildman–Crippen LogP) is 0.407. The van der Waals surface area contributed by atoms with Crippen LogP contribution in [0.5, 0.6) is 0 Å². The number of benzene rings is 1. The van der Waals surface area contributed by atoms with Crippen molar-refractivity contribution in [2.75, 3.05) is 19.6 Å². The third-order valence-corrected chi connectivity index (χ3v) is 4.71. The number of nitrogens with one attached hydrogen (secondary N) is 2. The summed E-state index contributed by atoms with van der Waals surface area (Å²) in [7, 11) is 0. The molecular formula is C16H23BrN3O2+. The van der Waals surface area contributed by atoms with Gasteiger partial charge >= 0.3 is 0 Å². The second-order valence-corrected chi connectivity index (χ2v) is 6.88. The maximum Gasteiger partial charge on any atom is 0.275 e. The van der Waals surface area contributed by atoms with Gasteiger partial charge in [0.2, 0.25) is 5.91 Å². The highest BCUT2D eigenvalue weighted by Gasteiger charge is 2.28. The lowest BCUT2D eigenvalue weighted by atomic mass is 9.97. The number of primary amides is 1. The van der Waals surface area contributed by atoms with Gasteiger partial charge in [-0.3, -0.25) is 9.59 Å². The van der Waals surface area contributed by atoms with Crippen molar-refractivity contribution in [2.24, 2.45) is 11.7 Å². The predicted molar refractivity (Wildman–Crippen MR) is 88.2 cm³/mol. The van der Waals surface area contributed by atoms with Gasteiger partial charge in [0, 0.05) is 4.47 Å². The number of hydrogen-bond donors (Lipinski definition) is 3. The normalized spacial score (nSPS) is 22.8. The fraction of sp³-hybridized carbons (Fsp3) is 0.500. The maximum absolute atomic E-state index is 12.2. The second-order valence-electron chi connectivity index (χ2n) is 5.96. The molecule has 0 radical (unpaired) electrons. The Hall–Kier alpha value is -1.40. The van der Waals surface area contributed by atoms with Crippen LogP contribution in [0.1, 0.15) is 31.4 Å². The minimum absolute atomic E-state index is 0.00976. The Bertz CT molecular complexity index is 533. The zero-order valence-corrected chi connectivity index (χ0v) is 14.4. The van der Waals surface area contributed by atoms with Crippen LogP contribution in [0.25, 0.3) is 0 Å². The van der Waals surface area contributed by atoms with Gasteiger partial charge in [0.1, 0.15) is 0 Å². The lowest BCUT2D eigenvalue weighted by Gasteiger charge is -2.28. The average Bonchev–Trinajstić information content (AvgIpc) is 2.47. The van der Waals surface area contributed by atoms with Gasteiger partial charge < -0.3 is 16.0 Å². The lowest BCUT2D eigenvalue weighted by molar-refractivity contribution is -0.899. The number of carbonyl (C=O) groups is 2. The number of likely N-dealkylation sites (tertiary alicyclic amines) is 1. The molecule has 5 nitrogen and oxygen atoms in total. The smallest absolute Gasteiger partial charge is 0.275 e. The molecule has 2 rings (SSSR count). The first kappa shape index (κ1) is 17.0. The summed E-state index contributed by atoms with van der Waals surface area (Å²) in [5, 5.41) is 3.02. The number of amides is 2. The molecule has 2 amide bonds. The first-order valence-electron chi connectivity index (χ1n) is 7.63. The van der Waals surface area contributed by atoms with Crippen LogP contribution < -0.4 is 16.0 Å². The minimum atomic E-state index is -0.249. The molecule has 1 aromatic rings. The van der Waals surface area contributed by atoms with Crippen LogP contribution in [0.15, 0.2) is 28.7 Å². The molecule has 1 unspecified atom stereocenters. The summed E-state index contributed by atoms with van der Waals surface area (Å²) >= 11 is 3.40. The van der Waals surface area contributed by atoms with Crippen LogP contribution in [0.2, 0.25) is 0 Å². The van der Waals surface area contributed by atoms with E-state index < -0.39 is 0 Å². The highest BCUT2D eigenvalue weighted by molar-refractivity contribution is 9.10. The van der Waals surface area contributed by atoms with Gasteiger partial charge in [0.05, 0.1) is 25.0 Å². The first-order valence-corrected chi connectivity index (χ1v) is 8.42. The van der Waals surface area contributed by atoms with Gasteiger partial charge in [-0.15, -0.1) is 0 Å². The highest BCUT2D eigenvalue weighted by atomic mass is 79.9. The van der Waals surface area contributed by atoms with Crippen molar-refractivity contribution in [3.8, 4) is 0 Å². The zero-order chi connectivity index (χ0) is 16.1. The van der Waals surface area contributed by atoms with Crippen LogP contribution in [-0.4, -0.2) is 31.4 Å². The van der Waals surface area contributed by atoms with Gasteiger partial charge in [-0.05, 0) is 37.5 Å². The second kappa shape index (κ2) is 7.74. The molecule has 4 N–H and O–H groups in total. The number of quaternary nitrogens is 1. The molecule has 0 aromatic heterocycles. The van der Waals surface area contributed by atoms with Gasteiger partial charge in [0.25, 0.3) is 5.91 Å². The summed E-state index contributed by atoms with van der Waals surface area (Å²) in [6.45, 7) is 3.95. The molecule has 120 valence electrons. The molecule has 1 fully saturated rings. The molecule has 0 bridgehead atoms. The van der Waals surface area contributed by atoms with Gasteiger partial charge in [-0.2, -0.15) is 0 Å². The third-order valence-electron chi connectivity index (χ3n) is 4.18. The van der Waals surface area contributed by atoms with E-state index >= 15 is 0 Å². The Labute approximate surface area is 139 Å². The Morgan fingerprint density at radius 1 is 1.41 bits per heavy atom. The van der Waals surface area contributed by atoms with Crippen LogP contribution in [-0.2, 0) is 9.59 Å². The number of piperidine rings is 1. The van der Waals surface area contributed by atoms with E-state index in [4.69, 9.17) is 5.73 Å². The Balaban J connectivity index is 1.84. The molecule has 1 aliphatic heterocycles. The zero-order valence-electron chi connectivity index (χ0n) is 12.8. The van der Waals surface area contributed by atoms with Crippen molar-refractivity contribution in [1.82, 2.24) is 5.32 Å². The molecule has 1 saturated heterocycles. The summed E-state index contributed by atoms with van der Waals surface area (Å²) in [5.74, 6) is -0.336. The van der Waals surface area contributed by atoms with Gasteiger partial charge in [-0.25, -0.2) is 0 Å². The average molecular weight is 369 g/mol. The van der Waals surface area contributed by atoms with Crippen molar-refractivity contribution < 1.29 is 14.5 Å². The van der Waals surface area contributed by atoms with E-state index in [1.807, 2.05) is 31.2 Å². The molecule has 0 saturated carbocycles.